The Morgan fingerprint density at radius 2 is 1.97 bits per heavy atom. The number of pyridine rings is 1. The average molecular weight is 505 g/mol. The number of ether oxygens (including phenoxy) is 1. The van der Waals surface area contributed by atoms with Crippen LogP contribution in [0.25, 0.3) is 5.52 Å². The van der Waals surface area contributed by atoms with Gasteiger partial charge in [0.2, 0.25) is 0 Å². The largest absolute Gasteiger partial charge is 0.494 e. The molecular formula is C28H36N6O3. The molecule has 9 heteroatoms. The Morgan fingerprint density at radius 3 is 2.65 bits per heavy atom. The molecule has 37 heavy (non-hydrogen) atoms. The summed E-state index contributed by atoms with van der Waals surface area (Å²) in [6.45, 7) is 8.27. The van der Waals surface area contributed by atoms with E-state index in [2.05, 4.69) is 22.0 Å². The first-order valence-electron chi connectivity index (χ1n) is 12.9. The first-order chi connectivity index (χ1) is 17.7. The normalized spacial score (nSPS) is 17.8. The standard InChI is InChI=1S/C28H36N6O3/c1-5-36-20-12-10-19(11-13-20)27(35)33-37-28(3,4)16-25-18(2)26(32-23-9-7-6-8-22(23)30)21(17-29)24-14-15-31-34(24)25/h10-15,22-23,32H,5-9,16,30H2,1-4H3,(H,33,35). The van der Waals surface area contributed by atoms with Gasteiger partial charge in [-0.05, 0) is 76.4 Å². The molecule has 9 nitrogen and oxygen atoms in total. The molecule has 0 bridgehead atoms. The van der Waals surface area contributed by atoms with Crippen molar-refractivity contribution < 1.29 is 14.4 Å². The number of nitriles is 1. The van der Waals surface area contributed by atoms with Gasteiger partial charge in [-0.25, -0.2) is 10.00 Å². The number of nitrogens with zero attached hydrogens (tertiary/aromatic N) is 3. The van der Waals surface area contributed by atoms with Crippen LogP contribution in [0, 0.1) is 18.3 Å². The van der Waals surface area contributed by atoms with E-state index in [0.717, 1.165) is 48.1 Å². The highest BCUT2D eigenvalue weighted by atomic mass is 16.7. The van der Waals surface area contributed by atoms with Crippen LogP contribution in [0.15, 0.2) is 36.5 Å². The Labute approximate surface area is 217 Å². The summed E-state index contributed by atoms with van der Waals surface area (Å²) in [7, 11) is 0. The maximum atomic E-state index is 12.7. The lowest BCUT2D eigenvalue weighted by Gasteiger charge is -2.32. The molecule has 1 amide bonds. The molecule has 2 heterocycles. The topological polar surface area (TPSA) is 127 Å². The van der Waals surface area contributed by atoms with Crippen LogP contribution < -0.4 is 21.3 Å². The molecule has 0 radical (unpaired) electrons. The highest BCUT2D eigenvalue weighted by Crippen LogP contribution is 2.33. The van der Waals surface area contributed by atoms with Gasteiger partial charge in [-0.1, -0.05) is 12.8 Å². The first-order valence-corrected chi connectivity index (χ1v) is 12.9. The summed E-state index contributed by atoms with van der Waals surface area (Å²) in [5, 5.41) is 18.1. The van der Waals surface area contributed by atoms with Crippen molar-refractivity contribution in [1.29, 1.82) is 5.26 Å². The van der Waals surface area contributed by atoms with Crippen molar-refractivity contribution in [2.24, 2.45) is 5.73 Å². The lowest BCUT2D eigenvalue weighted by molar-refractivity contribution is -0.0705. The van der Waals surface area contributed by atoms with Crippen LogP contribution in [-0.2, 0) is 11.3 Å². The Hall–Kier alpha value is -3.61. The molecule has 1 fully saturated rings. The number of hydrogen-bond acceptors (Lipinski definition) is 7. The molecule has 2 atom stereocenters. The molecule has 4 N–H and O–H groups in total. The van der Waals surface area contributed by atoms with E-state index >= 15 is 0 Å². The number of carbonyl (C=O) groups is 1. The van der Waals surface area contributed by atoms with Gasteiger partial charge >= 0.3 is 0 Å². The van der Waals surface area contributed by atoms with Gasteiger partial charge in [0.1, 0.15) is 17.4 Å². The van der Waals surface area contributed by atoms with Crippen molar-refractivity contribution >= 4 is 17.1 Å². The van der Waals surface area contributed by atoms with Gasteiger partial charge in [-0.3, -0.25) is 9.63 Å². The number of aromatic nitrogens is 2. The third-order valence-electron chi connectivity index (χ3n) is 6.91. The van der Waals surface area contributed by atoms with Crippen molar-refractivity contribution in [2.75, 3.05) is 11.9 Å². The second-order valence-electron chi connectivity index (χ2n) is 10.2. The van der Waals surface area contributed by atoms with Crippen LogP contribution in [0.1, 0.15) is 73.6 Å². The highest BCUT2D eigenvalue weighted by Gasteiger charge is 2.29. The van der Waals surface area contributed by atoms with Gasteiger partial charge in [-0.15, -0.1) is 0 Å². The first kappa shape index (κ1) is 26.5. The minimum Gasteiger partial charge on any atom is -0.494 e. The summed E-state index contributed by atoms with van der Waals surface area (Å²) < 4.78 is 7.23. The zero-order valence-corrected chi connectivity index (χ0v) is 22.0. The van der Waals surface area contributed by atoms with Crippen LogP contribution in [0.3, 0.4) is 0 Å². The van der Waals surface area contributed by atoms with Crippen LogP contribution in [0.5, 0.6) is 5.75 Å². The van der Waals surface area contributed by atoms with E-state index in [1.54, 1.807) is 35.0 Å². The Morgan fingerprint density at radius 1 is 1.24 bits per heavy atom. The number of amides is 1. The second-order valence-corrected chi connectivity index (χ2v) is 10.2. The summed E-state index contributed by atoms with van der Waals surface area (Å²) in [6.07, 6.45) is 6.31. The predicted octanol–water partition coefficient (Wildman–Crippen LogP) is 4.28. The van der Waals surface area contributed by atoms with Gasteiger partial charge in [0.05, 0.1) is 35.3 Å². The van der Waals surface area contributed by atoms with E-state index in [0.29, 0.717) is 29.9 Å². The number of hydroxylamine groups is 1. The number of fused-ring (bicyclic) bond motifs is 1. The minimum absolute atomic E-state index is 0.0434. The van der Waals surface area contributed by atoms with Crippen LogP contribution in [0.4, 0.5) is 5.69 Å². The number of anilines is 1. The zero-order valence-electron chi connectivity index (χ0n) is 22.0. The summed E-state index contributed by atoms with van der Waals surface area (Å²) >= 11 is 0. The summed E-state index contributed by atoms with van der Waals surface area (Å²) in [5.41, 5.74) is 12.6. The number of rotatable bonds is 9. The summed E-state index contributed by atoms with van der Waals surface area (Å²) in [4.78, 5) is 18.6. The van der Waals surface area contributed by atoms with Crippen LogP contribution in [0.2, 0.25) is 0 Å². The Kier molecular flexibility index (Phi) is 8.00. The molecule has 1 saturated carbocycles. The number of carbonyl (C=O) groups excluding carboxylic acids is 1. The third-order valence-corrected chi connectivity index (χ3v) is 6.91. The van der Waals surface area contributed by atoms with Crippen molar-refractivity contribution in [1.82, 2.24) is 15.1 Å². The predicted molar refractivity (Wildman–Crippen MR) is 142 cm³/mol. The van der Waals surface area contributed by atoms with Crippen LogP contribution >= 0.6 is 0 Å². The monoisotopic (exact) mass is 504 g/mol. The maximum absolute atomic E-state index is 12.7. The van der Waals surface area contributed by atoms with E-state index < -0.39 is 5.60 Å². The minimum atomic E-state index is -0.767. The quantitative estimate of drug-likeness (QED) is 0.371. The molecule has 2 aromatic heterocycles. The van der Waals surface area contributed by atoms with E-state index in [1.165, 1.54) is 0 Å². The van der Waals surface area contributed by atoms with Crippen molar-refractivity contribution in [3.63, 3.8) is 0 Å². The van der Waals surface area contributed by atoms with Gasteiger partial charge < -0.3 is 15.8 Å². The average Bonchev–Trinajstić information content (AvgIpc) is 3.37. The van der Waals surface area contributed by atoms with E-state index in [1.807, 2.05) is 33.8 Å². The fraction of sp³-hybridized carbons (Fsp3) is 0.464. The SMILES string of the molecule is CCOc1ccc(C(=O)NOC(C)(C)Cc2c(C)c(NC3CCCCC3N)c(C#N)c3ccnn23)cc1. The molecule has 2 unspecified atom stereocenters. The number of benzene rings is 1. The smallest absolute Gasteiger partial charge is 0.274 e. The number of nitrogens with two attached hydrogens (primary N) is 1. The number of hydrogen-bond donors (Lipinski definition) is 3. The highest BCUT2D eigenvalue weighted by molar-refractivity contribution is 5.93. The van der Waals surface area contributed by atoms with Gasteiger partial charge in [0, 0.05) is 24.1 Å². The fourth-order valence-corrected chi connectivity index (χ4v) is 4.90. The molecule has 1 aliphatic carbocycles. The van der Waals surface area contributed by atoms with Crippen molar-refractivity contribution in [3.05, 3.63) is 58.9 Å². The van der Waals surface area contributed by atoms with Gasteiger partial charge in [-0.2, -0.15) is 10.4 Å². The van der Waals surface area contributed by atoms with Crippen molar-refractivity contribution in [3.8, 4) is 11.8 Å². The van der Waals surface area contributed by atoms with Gasteiger partial charge in [0.15, 0.2) is 0 Å². The molecule has 1 aromatic carbocycles. The molecule has 3 aromatic rings. The Balaban J connectivity index is 1.56. The number of nitrogens with one attached hydrogen (secondary N) is 2. The molecule has 196 valence electrons. The zero-order chi connectivity index (χ0) is 26.6. The Bertz CT molecular complexity index is 1290. The molecule has 0 saturated heterocycles. The molecule has 0 spiro atoms. The summed E-state index contributed by atoms with van der Waals surface area (Å²) in [6, 6.07) is 11.3. The lowest BCUT2D eigenvalue weighted by atomic mass is 9.90. The lowest BCUT2D eigenvalue weighted by Crippen LogP contribution is -2.43. The van der Waals surface area contributed by atoms with E-state index in [4.69, 9.17) is 15.3 Å². The van der Waals surface area contributed by atoms with Crippen LogP contribution in [-0.4, -0.2) is 39.8 Å². The van der Waals surface area contributed by atoms with E-state index in [-0.39, 0.29) is 18.0 Å². The second kappa shape index (κ2) is 11.2. The summed E-state index contributed by atoms with van der Waals surface area (Å²) in [5.74, 6) is 0.365. The third kappa shape index (κ3) is 5.87. The fourth-order valence-electron chi connectivity index (χ4n) is 4.90. The maximum Gasteiger partial charge on any atom is 0.274 e. The molecular weight excluding hydrogens is 468 g/mol. The molecule has 4 rings (SSSR count). The molecule has 0 aliphatic heterocycles. The van der Waals surface area contributed by atoms with E-state index in [9.17, 15) is 10.1 Å². The molecule has 1 aliphatic rings. The van der Waals surface area contributed by atoms with Gasteiger partial charge in [0.25, 0.3) is 5.91 Å². The van der Waals surface area contributed by atoms with Crippen molar-refractivity contribution in [2.45, 2.75) is 77.5 Å².